The van der Waals surface area contributed by atoms with Gasteiger partial charge in [0.1, 0.15) is 21.8 Å². The highest BCUT2D eigenvalue weighted by atomic mass is 32.1. The molecule has 0 unspecified atom stereocenters. The summed E-state index contributed by atoms with van der Waals surface area (Å²) < 4.78 is 6.91. The van der Waals surface area contributed by atoms with Crippen LogP contribution >= 0.6 is 11.3 Å². The molecule has 1 heterocycles. The van der Waals surface area contributed by atoms with E-state index in [1.54, 1.807) is 44.4 Å². The average Bonchev–Trinajstić information content (AvgIpc) is 3.19. The average molecular weight is 512 g/mol. The van der Waals surface area contributed by atoms with Crippen molar-refractivity contribution in [2.24, 2.45) is 0 Å². The number of aromatic nitrogens is 1. The molecule has 0 aliphatic carbocycles. The fourth-order valence-corrected chi connectivity index (χ4v) is 4.29. The van der Waals surface area contributed by atoms with E-state index >= 15 is 0 Å². The maximum Gasteiger partial charge on any atom is 0.270 e. The van der Waals surface area contributed by atoms with E-state index in [1.165, 1.54) is 10.8 Å². The van der Waals surface area contributed by atoms with Crippen molar-refractivity contribution in [1.29, 1.82) is 10.5 Å². The zero-order valence-electron chi connectivity index (χ0n) is 20.5. The number of rotatable bonds is 12. The highest BCUT2D eigenvalue weighted by Crippen LogP contribution is 2.15. The van der Waals surface area contributed by atoms with E-state index in [2.05, 4.69) is 16.0 Å². The summed E-state index contributed by atoms with van der Waals surface area (Å²) in [7, 11) is 1.62. The number of nitrogens with zero attached hydrogens (tertiary/aromatic N) is 4. The van der Waals surface area contributed by atoms with Gasteiger partial charge in [-0.05, 0) is 31.7 Å². The third kappa shape index (κ3) is 7.78. The van der Waals surface area contributed by atoms with Gasteiger partial charge in [-0.1, -0.05) is 13.0 Å². The number of amides is 2. The summed E-state index contributed by atoms with van der Waals surface area (Å²) in [5.41, 5.74) is 0.637. The number of nitriles is 2. The summed E-state index contributed by atoms with van der Waals surface area (Å²) in [6.07, 6.45) is 1.50. The van der Waals surface area contributed by atoms with Crippen LogP contribution in [0.4, 0.5) is 11.4 Å². The number of methoxy groups -OCH3 is 1. The van der Waals surface area contributed by atoms with E-state index < -0.39 is 5.91 Å². The molecule has 0 saturated heterocycles. The van der Waals surface area contributed by atoms with Crippen LogP contribution in [0.3, 0.4) is 0 Å². The second kappa shape index (κ2) is 14.4. The van der Waals surface area contributed by atoms with Crippen molar-refractivity contribution in [3.63, 3.8) is 0 Å². The molecule has 1 aromatic heterocycles. The largest absolute Gasteiger partial charge is 0.383 e. The number of thiazole rings is 1. The van der Waals surface area contributed by atoms with Crippen LogP contribution < -0.4 is 30.7 Å². The molecule has 1 aromatic carbocycles. The summed E-state index contributed by atoms with van der Waals surface area (Å²) in [5.74, 6) is -0.869. The molecule has 2 amide bonds. The molecule has 0 spiro atoms. The Hall–Kier alpha value is -3.97. The molecule has 0 fully saturated rings. The summed E-state index contributed by atoms with van der Waals surface area (Å²) in [6.45, 7) is 5.87. The smallest absolute Gasteiger partial charge is 0.270 e. The molecule has 0 saturated carbocycles. The van der Waals surface area contributed by atoms with Crippen molar-refractivity contribution in [3.05, 3.63) is 43.8 Å². The van der Waals surface area contributed by atoms with E-state index in [9.17, 15) is 19.6 Å². The Bertz CT molecular complexity index is 1330. The Morgan fingerprint density at radius 2 is 2.00 bits per heavy atom. The van der Waals surface area contributed by atoms with Crippen molar-refractivity contribution in [2.45, 2.75) is 20.4 Å². The molecule has 3 N–H and O–H groups in total. The van der Waals surface area contributed by atoms with Crippen molar-refractivity contribution < 1.29 is 14.3 Å². The molecule has 0 aliphatic rings. The van der Waals surface area contributed by atoms with Crippen LogP contribution in [0.25, 0.3) is 11.8 Å². The SMILES string of the molecule is CCN(CCOC)CC(=O)Nc1cccc(NC=c2sc(=C(C#N)C(=O)NCC#N)n(CC)c2=O)c1. The number of nitrogens with one attached hydrogen (secondary N) is 3. The molecule has 2 rings (SSSR count). The number of carbonyl (C=O) groups excluding carboxylic acids is 2. The second-order valence-electron chi connectivity index (χ2n) is 7.43. The van der Waals surface area contributed by atoms with Gasteiger partial charge in [-0.15, -0.1) is 11.3 Å². The number of likely N-dealkylation sites (N-methyl/N-ethyl adjacent to an activating group) is 1. The van der Waals surface area contributed by atoms with Crippen molar-refractivity contribution in [2.75, 3.05) is 50.5 Å². The van der Waals surface area contributed by atoms with Gasteiger partial charge < -0.3 is 20.7 Å². The van der Waals surface area contributed by atoms with E-state index in [0.717, 1.165) is 17.9 Å². The number of hydrogen-bond donors (Lipinski definition) is 3. The minimum absolute atomic E-state index is 0.156. The molecule has 0 atom stereocenters. The lowest BCUT2D eigenvalue weighted by Gasteiger charge is -2.19. The van der Waals surface area contributed by atoms with Gasteiger partial charge in [-0.3, -0.25) is 23.9 Å². The van der Waals surface area contributed by atoms with Gasteiger partial charge in [0.2, 0.25) is 5.91 Å². The van der Waals surface area contributed by atoms with Crippen LogP contribution in [0.15, 0.2) is 29.1 Å². The zero-order chi connectivity index (χ0) is 26.5. The molecule has 0 bridgehead atoms. The minimum atomic E-state index is -0.714. The lowest BCUT2D eigenvalue weighted by atomic mass is 10.2. The van der Waals surface area contributed by atoms with Gasteiger partial charge in [0.05, 0.1) is 19.2 Å². The van der Waals surface area contributed by atoms with Crippen LogP contribution in [0, 0.1) is 22.7 Å². The first-order chi connectivity index (χ1) is 17.4. The molecule has 36 heavy (non-hydrogen) atoms. The Balaban J connectivity index is 2.26. The fourth-order valence-electron chi connectivity index (χ4n) is 3.21. The van der Waals surface area contributed by atoms with Gasteiger partial charge >= 0.3 is 0 Å². The summed E-state index contributed by atoms with van der Waals surface area (Å²) in [6, 6.07) is 10.6. The Kier molecular flexibility index (Phi) is 11.3. The topological polar surface area (TPSA) is 152 Å². The maximum absolute atomic E-state index is 12.8. The molecule has 190 valence electrons. The van der Waals surface area contributed by atoms with Crippen LogP contribution in [0.2, 0.25) is 0 Å². The van der Waals surface area contributed by atoms with E-state index in [-0.39, 0.29) is 41.3 Å². The third-order valence-corrected chi connectivity index (χ3v) is 6.18. The molecule has 0 aliphatic heterocycles. The number of carbonyl (C=O) groups is 2. The molecule has 11 nitrogen and oxygen atoms in total. The highest BCUT2D eigenvalue weighted by Gasteiger charge is 2.15. The molecule has 2 aromatic rings. The van der Waals surface area contributed by atoms with E-state index in [1.807, 2.05) is 17.9 Å². The van der Waals surface area contributed by atoms with Gasteiger partial charge in [0.25, 0.3) is 11.5 Å². The molecular formula is C24H29N7O4S. The Morgan fingerprint density at radius 3 is 2.64 bits per heavy atom. The lowest BCUT2D eigenvalue weighted by Crippen LogP contribution is -2.35. The quantitative estimate of drug-likeness (QED) is 0.337. The van der Waals surface area contributed by atoms with Gasteiger partial charge in [0, 0.05) is 37.8 Å². The first kappa shape index (κ1) is 28.3. The van der Waals surface area contributed by atoms with Gasteiger partial charge in [-0.25, -0.2) is 0 Å². The predicted octanol–water partition coefficient (Wildman–Crippen LogP) is 0.000660. The van der Waals surface area contributed by atoms with E-state index in [0.29, 0.717) is 29.1 Å². The van der Waals surface area contributed by atoms with E-state index in [4.69, 9.17) is 10.00 Å². The molecule has 12 heteroatoms. The maximum atomic E-state index is 12.8. The molecule has 0 radical (unpaired) electrons. The van der Waals surface area contributed by atoms with Crippen molar-refractivity contribution in [1.82, 2.24) is 14.8 Å². The normalized spacial score (nSPS) is 12.0. The lowest BCUT2D eigenvalue weighted by molar-refractivity contribution is -0.117. The summed E-state index contributed by atoms with van der Waals surface area (Å²) >= 11 is 0.999. The first-order valence-electron chi connectivity index (χ1n) is 11.3. The number of hydrogen-bond acceptors (Lipinski definition) is 9. The Labute approximate surface area is 212 Å². The predicted molar refractivity (Wildman–Crippen MR) is 138 cm³/mol. The third-order valence-electron chi connectivity index (χ3n) is 5.05. The zero-order valence-corrected chi connectivity index (χ0v) is 21.3. The highest BCUT2D eigenvalue weighted by molar-refractivity contribution is 7.07. The van der Waals surface area contributed by atoms with Crippen LogP contribution in [-0.2, 0) is 20.9 Å². The van der Waals surface area contributed by atoms with Gasteiger partial charge in [0.15, 0.2) is 5.57 Å². The number of ether oxygens (including phenoxy) is 1. The van der Waals surface area contributed by atoms with Crippen LogP contribution in [-0.4, -0.2) is 61.2 Å². The second-order valence-corrected chi connectivity index (χ2v) is 8.46. The first-order valence-corrected chi connectivity index (χ1v) is 12.1. The van der Waals surface area contributed by atoms with Crippen LogP contribution in [0.1, 0.15) is 13.8 Å². The molecular weight excluding hydrogens is 482 g/mol. The van der Waals surface area contributed by atoms with Crippen molar-refractivity contribution >= 4 is 46.3 Å². The number of anilines is 2. The fraction of sp³-hybridized carbons (Fsp3) is 0.375. The van der Waals surface area contributed by atoms with Crippen LogP contribution in [0.5, 0.6) is 0 Å². The number of benzene rings is 1. The monoisotopic (exact) mass is 511 g/mol. The standard InChI is InChI=1S/C24H29N7O4S/c1-4-30(11-12-35-3)16-21(32)29-18-8-6-7-17(13-18)28-15-20-23(34)31(5-2)24(36-20)19(14-26)22(33)27-10-9-25/h6-8,13,15,28H,4-5,10-12,16H2,1-3H3,(H,27,33)(H,29,32). The van der Waals surface area contributed by atoms with Gasteiger partial charge in [-0.2, -0.15) is 10.5 Å². The summed E-state index contributed by atoms with van der Waals surface area (Å²) in [5, 5.41) is 26.4. The Morgan fingerprint density at radius 1 is 1.25 bits per heavy atom. The van der Waals surface area contributed by atoms with Crippen molar-refractivity contribution in [3.8, 4) is 12.1 Å². The summed E-state index contributed by atoms with van der Waals surface area (Å²) in [4.78, 5) is 39.5. The minimum Gasteiger partial charge on any atom is -0.383 e.